The molecule has 0 fully saturated rings. The second kappa shape index (κ2) is 6.70. The molecule has 3 rings (SSSR count). The van der Waals surface area contributed by atoms with Crippen LogP contribution >= 0.6 is 0 Å². The lowest BCUT2D eigenvalue weighted by Gasteiger charge is -2.20. The number of fused-ring (bicyclic) bond motifs is 1. The van der Waals surface area contributed by atoms with E-state index in [0.717, 1.165) is 23.2 Å². The minimum Gasteiger partial charge on any atom is -0.360 e. The molecule has 1 unspecified atom stereocenters. The number of hydrogen-bond donors (Lipinski definition) is 2. The Kier molecular flexibility index (Phi) is 4.61. The van der Waals surface area contributed by atoms with Crippen LogP contribution in [0.25, 0.3) is 0 Å². The minimum absolute atomic E-state index is 0.0470. The van der Waals surface area contributed by atoms with Crippen LogP contribution in [0, 0.1) is 6.92 Å². The van der Waals surface area contributed by atoms with Crippen molar-refractivity contribution in [2.75, 3.05) is 5.32 Å². The fourth-order valence-corrected chi connectivity index (χ4v) is 3.08. The number of carbonyl (C=O) groups is 2. The predicted molar refractivity (Wildman–Crippen MR) is 94.6 cm³/mol. The van der Waals surface area contributed by atoms with Crippen molar-refractivity contribution in [3.63, 3.8) is 0 Å². The molecule has 2 heterocycles. The molecule has 1 aliphatic rings. The molecule has 1 atom stereocenters. The molecule has 0 aliphatic carbocycles. The number of aryl methyl sites for hydroxylation is 2. The van der Waals surface area contributed by atoms with Crippen molar-refractivity contribution in [2.24, 2.45) is 0 Å². The molecule has 1 aromatic carbocycles. The lowest BCUT2D eigenvalue weighted by Crippen LogP contribution is -2.28. The third kappa shape index (κ3) is 3.43. The van der Waals surface area contributed by atoms with Crippen molar-refractivity contribution in [1.29, 1.82) is 0 Å². The Bertz CT molecular complexity index is 823. The fraction of sp³-hybridized carbons (Fsp3) is 0.421. The van der Waals surface area contributed by atoms with Gasteiger partial charge in [-0.15, -0.1) is 0 Å². The van der Waals surface area contributed by atoms with E-state index in [1.807, 2.05) is 39.0 Å². The van der Waals surface area contributed by atoms with Crippen LogP contribution in [-0.4, -0.2) is 17.0 Å². The normalized spacial score (nSPS) is 14.8. The van der Waals surface area contributed by atoms with Gasteiger partial charge in [0.2, 0.25) is 5.91 Å². The van der Waals surface area contributed by atoms with Gasteiger partial charge in [0, 0.05) is 18.0 Å². The molecule has 1 aromatic heterocycles. The topological polar surface area (TPSA) is 84.2 Å². The van der Waals surface area contributed by atoms with Crippen LogP contribution in [0.2, 0.25) is 0 Å². The van der Waals surface area contributed by atoms with Gasteiger partial charge in [-0.2, -0.15) is 0 Å². The first-order valence-electron chi connectivity index (χ1n) is 8.56. The standard InChI is InChI=1S/C19H23N3O3/c1-10(2)18-17(12(4)22-25-18)19(24)20-11(3)13-5-7-15-14(9-13)6-8-16(23)21-15/h5,7,9-11H,6,8H2,1-4H3,(H,20,24)(H,21,23). The van der Waals surface area contributed by atoms with Crippen LogP contribution in [-0.2, 0) is 11.2 Å². The number of amides is 2. The highest BCUT2D eigenvalue weighted by Gasteiger charge is 2.24. The Morgan fingerprint density at radius 2 is 2.04 bits per heavy atom. The van der Waals surface area contributed by atoms with Crippen molar-refractivity contribution in [1.82, 2.24) is 10.5 Å². The molecule has 2 amide bonds. The van der Waals surface area contributed by atoms with Crippen molar-refractivity contribution in [2.45, 2.75) is 52.5 Å². The smallest absolute Gasteiger partial charge is 0.257 e. The molecule has 6 heteroatoms. The molecule has 132 valence electrons. The monoisotopic (exact) mass is 341 g/mol. The SMILES string of the molecule is Cc1noc(C(C)C)c1C(=O)NC(C)c1ccc2c(c1)CCC(=O)N2. The average molecular weight is 341 g/mol. The summed E-state index contributed by atoms with van der Waals surface area (Å²) in [5.74, 6) is 0.562. The first-order chi connectivity index (χ1) is 11.9. The number of anilines is 1. The van der Waals surface area contributed by atoms with E-state index in [1.54, 1.807) is 6.92 Å². The van der Waals surface area contributed by atoms with Gasteiger partial charge in [0.05, 0.1) is 11.7 Å². The molecule has 0 radical (unpaired) electrons. The highest BCUT2D eigenvalue weighted by molar-refractivity contribution is 5.96. The minimum atomic E-state index is -0.180. The molecular weight excluding hydrogens is 318 g/mol. The van der Waals surface area contributed by atoms with E-state index in [1.165, 1.54) is 0 Å². The molecule has 0 saturated heterocycles. The molecule has 25 heavy (non-hydrogen) atoms. The zero-order valence-corrected chi connectivity index (χ0v) is 15.0. The first kappa shape index (κ1) is 17.2. The molecular formula is C19H23N3O3. The molecule has 6 nitrogen and oxygen atoms in total. The average Bonchev–Trinajstić information content (AvgIpc) is 2.96. The van der Waals surface area contributed by atoms with Gasteiger partial charge in [-0.1, -0.05) is 31.1 Å². The Labute approximate surface area is 147 Å². The number of benzene rings is 1. The molecule has 0 spiro atoms. The molecule has 0 saturated carbocycles. The summed E-state index contributed by atoms with van der Waals surface area (Å²) < 4.78 is 5.30. The van der Waals surface area contributed by atoms with Gasteiger partial charge in [-0.25, -0.2) is 0 Å². The Morgan fingerprint density at radius 3 is 2.76 bits per heavy atom. The quantitative estimate of drug-likeness (QED) is 0.891. The molecule has 0 bridgehead atoms. The number of nitrogens with zero attached hydrogens (tertiary/aromatic N) is 1. The van der Waals surface area contributed by atoms with E-state index >= 15 is 0 Å². The predicted octanol–water partition coefficient (Wildman–Crippen LogP) is 3.48. The summed E-state index contributed by atoms with van der Waals surface area (Å²) in [5.41, 5.74) is 4.08. The maximum Gasteiger partial charge on any atom is 0.257 e. The van der Waals surface area contributed by atoms with Crippen LogP contribution in [0.5, 0.6) is 0 Å². The lowest BCUT2D eigenvalue weighted by molar-refractivity contribution is -0.116. The lowest BCUT2D eigenvalue weighted by atomic mass is 9.97. The van der Waals surface area contributed by atoms with Gasteiger partial charge >= 0.3 is 0 Å². The van der Waals surface area contributed by atoms with Gasteiger partial charge in [-0.05, 0) is 37.5 Å². The van der Waals surface area contributed by atoms with E-state index < -0.39 is 0 Å². The van der Waals surface area contributed by atoms with Crippen LogP contribution in [0.4, 0.5) is 5.69 Å². The maximum atomic E-state index is 12.7. The van der Waals surface area contributed by atoms with Crippen molar-refractivity contribution in [3.8, 4) is 0 Å². The van der Waals surface area contributed by atoms with Crippen LogP contribution in [0.15, 0.2) is 22.7 Å². The van der Waals surface area contributed by atoms with Gasteiger partial charge < -0.3 is 15.2 Å². The summed E-state index contributed by atoms with van der Waals surface area (Å²) >= 11 is 0. The van der Waals surface area contributed by atoms with E-state index in [4.69, 9.17) is 4.52 Å². The summed E-state index contributed by atoms with van der Waals surface area (Å²) in [6.07, 6.45) is 1.22. The van der Waals surface area contributed by atoms with Crippen LogP contribution in [0.3, 0.4) is 0 Å². The highest BCUT2D eigenvalue weighted by atomic mass is 16.5. The first-order valence-corrected chi connectivity index (χ1v) is 8.56. The van der Waals surface area contributed by atoms with E-state index in [0.29, 0.717) is 23.4 Å². The maximum absolute atomic E-state index is 12.7. The zero-order valence-electron chi connectivity index (χ0n) is 15.0. The Balaban J connectivity index is 1.79. The second-order valence-corrected chi connectivity index (χ2v) is 6.82. The number of nitrogens with one attached hydrogen (secondary N) is 2. The fourth-order valence-electron chi connectivity index (χ4n) is 3.08. The highest BCUT2D eigenvalue weighted by Crippen LogP contribution is 2.27. The second-order valence-electron chi connectivity index (χ2n) is 6.82. The summed E-state index contributed by atoms with van der Waals surface area (Å²) in [4.78, 5) is 24.2. The third-order valence-electron chi connectivity index (χ3n) is 4.51. The Hall–Kier alpha value is -2.63. The van der Waals surface area contributed by atoms with Gasteiger partial charge in [0.15, 0.2) is 5.76 Å². The van der Waals surface area contributed by atoms with Gasteiger partial charge in [0.25, 0.3) is 5.91 Å². The molecule has 2 aromatic rings. The summed E-state index contributed by atoms with van der Waals surface area (Å²) in [6, 6.07) is 5.71. The van der Waals surface area contributed by atoms with E-state index in [9.17, 15) is 9.59 Å². The van der Waals surface area contributed by atoms with E-state index in [-0.39, 0.29) is 23.8 Å². The van der Waals surface area contributed by atoms with Crippen LogP contribution < -0.4 is 10.6 Å². The number of aromatic nitrogens is 1. The summed E-state index contributed by atoms with van der Waals surface area (Å²) in [5, 5.41) is 9.82. The largest absolute Gasteiger partial charge is 0.360 e. The Morgan fingerprint density at radius 1 is 1.28 bits per heavy atom. The molecule has 1 aliphatic heterocycles. The van der Waals surface area contributed by atoms with Gasteiger partial charge in [0.1, 0.15) is 5.56 Å². The summed E-state index contributed by atoms with van der Waals surface area (Å²) in [6.45, 7) is 7.66. The number of carbonyl (C=O) groups excluding carboxylic acids is 2. The molecule has 2 N–H and O–H groups in total. The summed E-state index contributed by atoms with van der Waals surface area (Å²) in [7, 11) is 0. The van der Waals surface area contributed by atoms with Crippen molar-refractivity contribution >= 4 is 17.5 Å². The van der Waals surface area contributed by atoms with Crippen LogP contribution in [0.1, 0.15) is 72.1 Å². The van der Waals surface area contributed by atoms with Crippen molar-refractivity contribution in [3.05, 3.63) is 46.3 Å². The third-order valence-corrected chi connectivity index (χ3v) is 4.51. The number of rotatable bonds is 4. The van der Waals surface area contributed by atoms with E-state index in [2.05, 4.69) is 15.8 Å². The zero-order chi connectivity index (χ0) is 18.1. The number of hydrogen-bond acceptors (Lipinski definition) is 4. The van der Waals surface area contributed by atoms with Crippen molar-refractivity contribution < 1.29 is 14.1 Å². The van der Waals surface area contributed by atoms with Gasteiger partial charge in [-0.3, -0.25) is 9.59 Å².